The van der Waals surface area contributed by atoms with E-state index in [0.717, 1.165) is 44.4 Å². The topological polar surface area (TPSA) is 68.6 Å². The summed E-state index contributed by atoms with van der Waals surface area (Å²) in [5, 5.41) is 2.98. The summed E-state index contributed by atoms with van der Waals surface area (Å²) in [5.41, 5.74) is 2.55. The molecule has 0 aliphatic carbocycles. The first kappa shape index (κ1) is 20.1. The molecule has 1 fully saturated rings. The number of carbonyl (C=O) groups excluding carboxylic acids is 1. The third-order valence-corrected chi connectivity index (χ3v) is 5.10. The van der Waals surface area contributed by atoms with Crippen LogP contribution >= 0.6 is 0 Å². The van der Waals surface area contributed by atoms with Gasteiger partial charge in [0.1, 0.15) is 18.2 Å². The maximum absolute atomic E-state index is 12.6. The van der Waals surface area contributed by atoms with Crippen molar-refractivity contribution in [2.75, 3.05) is 31.6 Å². The van der Waals surface area contributed by atoms with Crippen LogP contribution in [0.4, 0.5) is 5.69 Å². The largest absolute Gasteiger partial charge is 0.486 e. The van der Waals surface area contributed by atoms with Gasteiger partial charge in [0.15, 0.2) is 0 Å². The van der Waals surface area contributed by atoms with Crippen LogP contribution in [0.1, 0.15) is 21.7 Å². The molecule has 0 radical (unpaired) electrons. The fraction of sp³-hybridized carbons (Fsp3) is 0.304. The first-order chi connectivity index (χ1) is 14.7. The Kier molecular flexibility index (Phi) is 6.41. The van der Waals surface area contributed by atoms with Crippen LogP contribution in [-0.4, -0.2) is 46.7 Å². The van der Waals surface area contributed by atoms with E-state index in [1.54, 1.807) is 30.5 Å². The van der Waals surface area contributed by atoms with Gasteiger partial charge >= 0.3 is 0 Å². The highest BCUT2D eigenvalue weighted by molar-refractivity contribution is 6.04. The Hall–Kier alpha value is -3.16. The summed E-state index contributed by atoms with van der Waals surface area (Å²) in [5.74, 6) is 1.39. The van der Waals surface area contributed by atoms with E-state index >= 15 is 0 Å². The highest BCUT2D eigenvalue weighted by Crippen LogP contribution is 2.17. The van der Waals surface area contributed by atoms with Gasteiger partial charge in [0.05, 0.1) is 13.2 Å². The first-order valence-electron chi connectivity index (χ1n) is 10.1. The molecule has 7 heteroatoms. The summed E-state index contributed by atoms with van der Waals surface area (Å²) in [4.78, 5) is 19.2. The molecular weight excluding hydrogens is 380 g/mol. The number of hydrogen-bond acceptors (Lipinski definition) is 5. The van der Waals surface area contributed by atoms with E-state index in [-0.39, 0.29) is 5.91 Å². The van der Waals surface area contributed by atoms with Gasteiger partial charge in [-0.1, -0.05) is 12.1 Å². The normalized spacial score (nSPS) is 14.4. The number of nitrogens with zero attached hydrogens (tertiary/aromatic N) is 3. The summed E-state index contributed by atoms with van der Waals surface area (Å²) in [7, 11) is 1.93. The Labute approximate surface area is 176 Å². The van der Waals surface area contributed by atoms with Crippen molar-refractivity contribution in [2.24, 2.45) is 7.05 Å². The minimum absolute atomic E-state index is 0.144. The molecule has 7 nitrogen and oxygen atoms in total. The Bertz CT molecular complexity index is 978. The fourth-order valence-electron chi connectivity index (χ4n) is 3.35. The fourth-order valence-corrected chi connectivity index (χ4v) is 3.35. The lowest BCUT2D eigenvalue weighted by Gasteiger charge is -2.26. The van der Waals surface area contributed by atoms with E-state index in [2.05, 4.69) is 21.3 Å². The number of rotatable bonds is 7. The Balaban J connectivity index is 1.33. The number of aromatic nitrogens is 2. The summed E-state index contributed by atoms with van der Waals surface area (Å²) in [6.45, 7) is 4.66. The van der Waals surface area contributed by atoms with Gasteiger partial charge in [-0.25, -0.2) is 4.98 Å². The summed E-state index contributed by atoms with van der Waals surface area (Å²) >= 11 is 0. The SMILES string of the molecule is Cn1ccnc1COc1ccc(C(=O)Nc2cccc(CN3CCOCC3)c2)cc1. The van der Waals surface area contributed by atoms with E-state index < -0.39 is 0 Å². The highest BCUT2D eigenvalue weighted by Gasteiger charge is 2.12. The molecule has 2 heterocycles. The number of imidazole rings is 1. The molecule has 2 aromatic carbocycles. The van der Waals surface area contributed by atoms with Crippen LogP contribution in [0.2, 0.25) is 0 Å². The molecular formula is C23H26N4O3. The zero-order valence-corrected chi connectivity index (χ0v) is 17.1. The van der Waals surface area contributed by atoms with E-state index in [0.29, 0.717) is 17.9 Å². The van der Waals surface area contributed by atoms with E-state index in [1.807, 2.05) is 36.0 Å². The van der Waals surface area contributed by atoms with Crippen LogP contribution in [0.3, 0.4) is 0 Å². The molecule has 30 heavy (non-hydrogen) atoms. The number of anilines is 1. The van der Waals surface area contributed by atoms with Crippen LogP contribution in [-0.2, 0) is 24.9 Å². The van der Waals surface area contributed by atoms with Crippen molar-refractivity contribution in [1.29, 1.82) is 0 Å². The van der Waals surface area contributed by atoms with Crippen molar-refractivity contribution in [3.05, 3.63) is 77.9 Å². The Morgan fingerprint density at radius 3 is 2.70 bits per heavy atom. The average Bonchev–Trinajstić information content (AvgIpc) is 3.18. The van der Waals surface area contributed by atoms with Gasteiger partial charge in [0, 0.05) is 50.3 Å². The molecule has 1 amide bonds. The molecule has 1 aromatic heterocycles. The number of aryl methyl sites for hydroxylation is 1. The van der Waals surface area contributed by atoms with Crippen molar-refractivity contribution < 1.29 is 14.3 Å². The van der Waals surface area contributed by atoms with E-state index in [4.69, 9.17) is 9.47 Å². The zero-order chi connectivity index (χ0) is 20.8. The molecule has 0 atom stereocenters. The predicted octanol–water partition coefficient (Wildman–Crippen LogP) is 3.08. The predicted molar refractivity (Wildman–Crippen MR) is 114 cm³/mol. The third-order valence-electron chi connectivity index (χ3n) is 5.10. The maximum Gasteiger partial charge on any atom is 0.255 e. The van der Waals surface area contributed by atoms with Crippen LogP contribution in [0.15, 0.2) is 60.9 Å². The van der Waals surface area contributed by atoms with Gasteiger partial charge in [-0.3, -0.25) is 9.69 Å². The standard InChI is InChI=1S/C23H26N4O3/c1-26-10-9-24-22(26)17-30-21-7-5-19(6-8-21)23(28)25-20-4-2-3-18(15-20)16-27-11-13-29-14-12-27/h2-10,15H,11-14,16-17H2,1H3,(H,25,28). The second kappa shape index (κ2) is 9.56. The molecule has 156 valence electrons. The lowest BCUT2D eigenvalue weighted by atomic mass is 10.1. The summed E-state index contributed by atoms with van der Waals surface area (Å²) in [6.07, 6.45) is 3.62. The highest BCUT2D eigenvalue weighted by atomic mass is 16.5. The lowest BCUT2D eigenvalue weighted by molar-refractivity contribution is 0.0342. The van der Waals surface area contributed by atoms with Crippen molar-refractivity contribution in [2.45, 2.75) is 13.2 Å². The number of morpholine rings is 1. The molecule has 0 saturated carbocycles. The van der Waals surface area contributed by atoms with Gasteiger partial charge in [-0.05, 0) is 42.0 Å². The van der Waals surface area contributed by atoms with Crippen molar-refractivity contribution >= 4 is 11.6 Å². The molecule has 1 aliphatic heterocycles. The second-order valence-corrected chi connectivity index (χ2v) is 7.31. The lowest BCUT2D eigenvalue weighted by Crippen LogP contribution is -2.35. The minimum atomic E-state index is -0.144. The minimum Gasteiger partial charge on any atom is -0.486 e. The summed E-state index contributed by atoms with van der Waals surface area (Å²) < 4.78 is 13.1. The van der Waals surface area contributed by atoms with Gasteiger partial charge < -0.3 is 19.4 Å². The smallest absolute Gasteiger partial charge is 0.255 e. The average molecular weight is 406 g/mol. The molecule has 0 unspecified atom stereocenters. The van der Waals surface area contributed by atoms with Crippen LogP contribution < -0.4 is 10.1 Å². The molecule has 1 aliphatic rings. The molecule has 0 spiro atoms. The van der Waals surface area contributed by atoms with Gasteiger partial charge in [-0.15, -0.1) is 0 Å². The van der Waals surface area contributed by atoms with Gasteiger partial charge in [0.2, 0.25) is 0 Å². The summed E-state index contributed by atoms with van der Waals surface area (Å²) in [6, 6.07) is 15.1. The maximum atomic E-state index is 12.6. The van der Waals surface area contributed by atoms with Crippen molar-refractivity contribution in [3.63, 3.8) is 0 Å². The van der Waals surface area contributed by atoms with E-state index in [1.165, 1.54) is 5.56 Å². The molecule has 1 saturated heterocycles. The molecule has 0 bridgehead atoms. The number of amides is 1. The number of ether oxygens (including phenoxy) is 2. The first-order valence-corrected chi connectivity index (χ1v) is 10.1. The monoisotopic (exact) mass is 406 g/mol. The second-order valence-electron chi connectivity index (χ2n) is 7.31. The quantitative estimate of drug-likeness (QED) is 0.653. The number of nitrogens with one attached hydrogen (secondary N) is 1. The number of hydrogen-bond donors (Lipinski definition) is 1. The Morgan fingerprint density at radius 2 is 1.97 bits per heavy atom. The third kappa shape index (κ3) is 5.25. The zero-order valence-electron chi connectivity index (χ0n) is 17.1. The van der Waals surface area contributed by atoms with Gasteiger partial charge in [-0.2, -0.15) is 0 Å². The van der Waals surface area contributed by atoms with Gasteiger partial charge in [0.25, 0.3) is 5.91 Å². The van der Waals surface area contributed by atoms with Crippen molar-refractivity contribution in [1.82, 2.24) is 14.5 Å². The number of benzene rings is 2. The molecule has 4 rings (SSSR count). The molecule has 1 N–H and O–H groups in total. The Morgan fingerprint density at radius 1 is 1.17 bits per heavy atom. The van der Waals surface area contributed by atoms with E-state index in [9.17, 15) is 4.79 Å². The molecule has 3 aromatic rings. The van der Waals surface area contributed by atoms with Crippen LogP contribution in [0, 0.1) is 0 Å². The van der Waals surface area contributed by atoms with Crippen molar-refractivity contribution in [3.8, 4) is 5.75 Å². The van der Waals surface area contributed by atoms with Crippen LogP contribution in [0.5, 0.6) is 5.75 Å². The van der Waals surface area contributed by atoms with Crippen LogP contribution in [0.25, 0.3) is 0 Å². The number of carbonyl (C=O) groups is 1.